The van der Waals surface area contributed by atoms with Crippen molar-refractivity contribution in [2.75, 3.05) is 4.90 Å². The van der Waals surface area contributed by atoms with Gasteiger partial charge in [-0.1, -0.05) is 146 Å². The molecule has 3 heterocycles. The second-order valence-electron chi connectivity index (χ2n) is 15.1. The Morgan fingerprint density at radius 2 is 1.02 bits per heavy atom. The Morgan fingerprint density at radius 3 is 1.80 bits per heavy atom. The smallest absolute Gasteiger partial charge is 0.227 e. The summed E-state index contributed by atoms with van der Waals surface area (Å²) in [5.74, 6) is 0.580. The number of benzene rings is 9. The van der Waals surface area contributed by atoms with E-state index in [0.717, 1.165) is 77.9 Å². The fourth-order valence-corrected chi connectivity index (χ4v) is 9.95. The van der Waals surface area contributed by atoms with Crippen molar-refractivity contribution < 1.29 is 8.83 Å². The highest BCUT2D eigenvalue weighted by atomic mass is 32.1. The highest BCUT2D eigenvalue weighted by Crippen LogP contribution is 2.46. The minimum atomic E-state index is 0.580. The van der Waals surface area contributed by atoms with Gasteiger partial charge in [0.1, 0.15) is 16.7 Å². The largest absolute Gasteiger partial charge is 0.455 e. The van der Waals surface area contributed by atoms with E-state index >= 15 is 0 Å². The maximum Gasteiger partial charge on any atom is 0.227 e. The number of anilines is 3. The molecule has 4 nitrogen and oxygen atoms in total. The summed E-state index contributed by atoms with van der Waals surface area (Å²) in [4.78, 5) is 7.46. The zero-order valence-electron chi connectivity index (χ0n) is 32.2. The molecule has 0 aliphatic rings. The van der Waals surface area contributed by atoms with Crippen molar-refractivity contribution in [2.45, 2.75) is 0 Å². The summed E-state index contributed by atoms with van der Waals surface area (Å²) < 4.78 is 15.8. The Morgan fingerprint density at radius 1 is 0.417 bits per heavy atom. The average Bonchev–Trinajstić information content (AvgIpc) is 4.03. The molecule has 0 saturated carbocycles. The number of hydrogen-bond acceptors (Lipinski definition) is 5. The van der Waals surface area contributed by atoms with E-state index in [2.05, 4.69) is 163 Å². The van der Waals surface area contributed by atoms with Crippen molar-refractivity contribution in [3.63, 3.8) is 0 Å². The van der Waals surface area contributed by atoms with Crippen LogP contribution in [0.15, 0.2) is 215 Å². The second kappa shape index (κ2) is 14.0. The third kappa shape index (κ3) is 5.63. The summed E-state index contributed by atoms with van der Waals surface area (Å²) >= 11 is 1.86. The summed E-state index contributed by atoms with van der Waals surface area (Å²) in [5.41, 5.74) is 13.8. The molecular formula is C55H34N2O2S. The Bertz CT molecular complexity index is 3530. The van der Waals surface area contributed by atoms with E-state index in [1.54, 1.807) is 0 Å². The maximum absolute atomic E-state index is 6.64. The van der Waals surface area contributed by atoms with Gasteiger partial charge in [0.15, 0.2) is 5.58 Å². The molecule has 0 aliphatic carbocycles. The number of para-hydroxylation sites is 2. The molecule has 0 aliphatic heterocycles. The Balaban J connectivity index is 1.02. The lowest BCUT2D eigenvalue weighted by Crippen LogP contribution is -2.11. The van der Waals surface area contributed by atoms with Crippen molar-refractivity contribution in [1.82, 2.24) is 4.98 Å². The number of fused-ring (bicyclic) bond motifs is 7. The van der Waals surface area contributed by atoms with Crippen molar-refractivity contribution in [3.8, 4) is 44.8 Å². The zero-order chi connectivity index (χ0) is 39.6. The van der Waals surface area contributed by atoms with Gasteiger partial charge >= 0.3 is 0 Å². The number of furan rings is 1. The van der Waals surface area contributed by atoms with E-state index in [0.29, 0.717) is 5.89 Å². The van der Waals surface area contributed by atoms with Crippen molar-refractivity contribution in [2.24, 2.45) is 0 Å². The molecule has 0 unspecified atom stereocenters. The third-order valence-electron chi connectivity index (χ3n) is 11.5. The lowest BCUT2D eigenvalue weighted by Gasteiger charge is -2.28. The molecule has 0 saturated heterocycles. The van der Waals surface area contributed by atoms with Crippen LogP contribution in [0.5, 0.6) is 0 Å². The van der Waals surface area contributed by atoms with Crippen LogP contribution in [0.1, 0.15) is 0 Å². The van der Waals surface area contributed by atoms with Crippen LogP contribution in [0.3, 0.4) is 0 Å². The minimum Gasteiger partial charge on any atom is -0.455 e. The van der Waals surface area contributed by atoms with Crippen LogP contribution in [0.2, 0.25) is 0 Å². The molecule has 3 aromatic heterocycles. The van der Waals surface area contributed by atoms with Gasteiger partial charge in [-0.25, -0.2) is 4.98 Å². The van der Waals surface area contributed by atoms with Gasteiger partial charge < -0.3 is 13.7 Å². The van der Waals surface area contributed by atoms with Gasteiger partial charge in [0.25, 0.3) is 0 Å². The lowest BCUT2D eigenvalue weighted by atomic mass is 9.98. The fraction of sp³-hybridized carbons (Fsp3) is 0. The standard InChI is InChI=1S/C55H34N2O2S/c1-3-14-35(15-4-1)41-18-7-10-23-47(41)57(39-30-26-36(27-31-39)42-21-13-22-45-44-20-9-12-25-50(44)60-54(42)45)40-32-28-37(29-33-40)51-52-49(59-55(56-52)38-16-5-2-6-17-38)34-46-43-19-8-11-24-48(43)58-53(46)51/h1-34H. The van der Waals surface area contributed by atoms with Gasteiger partial charge in [0.05, 0.1) is 11.3 Å². The summed E-state index contributed by atoms with van der Waals surface area (Å²) in [6, 6.07) is 72.7. The van der Waals surface area contributed by atoms with E-state index in [1.807, 2.05) is 59.9 Å². The van der Waals surface area contributed by atoms with Crippen molar-refractivity contribution in [1.29, 1.82) is 0 Å². The molecule has 0 N–H and O–H groups in total. The van der Waals surface area contributed by atoms with Crippen LogP contribution in [0.25, 0.3) is 98.0 Å². The first-order valence-electron chi connectivity index (χ1n) is 20.1. The number of nitrogens with zero attached hydrogens (tertiary/aromatic N) is 2. The predicted molar refractivity (Wildman–Crippen MR) is 251 cm³/mol. The van der Waals surface area contributed by atoms with Gasteiger partial charge in [0.2, 0.25) is 5.89 Å². The normalized spacial score (nSPS) is 11.7. The fourth-order valence-electron chi connectivity index (χ4n) is 8.71. The van der Waals surface area contributed by atoms with Crippen molar-refractivity contribution in [3.05, 3.63) is 206 Å². The van der Waals surface area contributed by atoms with E-state index in [9.17, 15) is 0 Å². The number of aromatic nitrogens is 1. The van der Waals surface area contributed by atoms with Crippen molar-refractivity contribution >= 4 is 81.6 Å². The van der Waals surface area contributed by atoms with Gasteiger partial charge in [0, 0.05) is 53.4 Å². The first-order chi connectivity index (χ1) is 29.7. The lowest BCUT2D eigenvalue weighted by molar-refractivity contribution is 0.620. The Hall–Kier alpha value is -7.73. The van der Waals surface area contributed by atoms with Crippen LogP contribution < -0.4 is 4.90 Å². The highest BCUT2D eigenvalue weighted by Gasteiger charge is 2.23. The number of oxazole rings is 1. The minimum absolute atomic E-state index is 0.580. The summed E-state index contributed by atoms with van der Waals surface area (Å²) in [6.07, 6.45) is 0. The van der Waals surface area contributed by atoms with Crippen LogP contribution in [0, 0.1) is 0 Å². The second-order valence-corrected chi connectivity index (χ2v) is 16.1. The number of rotatable bonds is 7. The Labute approximate surface area is 349 Å². The van der Waals surface area contributed by atoms with Crippen LogP contribution in [-0.2, 0) is 0 Å². The first kappa shape index (κ1) is 34.3. The molecule has 12 rings (SSSR count). The molecule has 0 radical (unpaired) electrons. The molecule has 0 atom stereocenters. The zero-order valence-corrected chi connectivity index (χ0v) is 33.1. The van der Waals surface area contributed by atoms with E-state index in [4.69, 9.17) is 13.8 Å². The van der Waals surface area contributed by atoms with Crippen LogP contribution in [-0.4, -0.2) is 4.98 Å². The molecule has 0 amide bonds. The molecule has 0 spiro atoms. The maximum atomic E-state index is 6.64. The average molecular weight is 787 g/mol. The third-order valence-corrected chi connectivity index (χ3v) is 12.8. The SMILES string of the molecule is c1ccc(-c2nc3c(-c4ccc(N(c5ccc(-c6cccc7c6sc6ccccc67)cc5)c5ccccc5-c5ccccc5)cc4)c4oc5ccccc5c4cc3o2)cc1. The van der Waals surface area contributed by atoms with Gasteiger partial charge in [-0.05, 0) is 82.9 Å². The molecule has 9 aromatic carbocycles. The topological polar surface area (TPSA) is 42.4 Å². The van der Waals surface area contributed by atoms with E-state index in [1.165, 1.54) is 31.3 Å². The summed E-state index contributed by atoms with van der Waals surface area (Å²) in [5, 5.41) is 4.65. The quantitative estimate of drug-likeness (QED) is 0.161. The van der Waals surface area contributed by atoms with Crippen LogP contribution >= 0.6 is 11.3 Å². The van der Waals surface area contributed by atoms with Gasteiger partial charge in [-0.2, -0.15) is 0 Å². The first-order valence-corrected chi connectivity index (χ1v) is 20.9. The predicted octanol–water partition coefficient (Wildman–Crippen LogP) is 16.2. The molecule has 12 aromatic rings. The van der Waals surface area contributed by atoms with E-state index in [-0.39, 0.29) is 0 Å². The molecular weight excluding hydrogens is 753 g/mol. The molecule has 282 valence electrons. The van der Waals surface area contributed by atoms with Gasteiger partial charge in [-0.15, -0.1) is 11.3 Å². The molecule has 60 heavy (non-hydrogen) atoms. The monoisotopic (exact) mass is 786 g/mol. The van der Waals surface area contributed by atoms with E-state index < -0.39 is 0 Å². The summed E-state index contributed by atoms with van der Waals surface area (Å²) in [6.45, 7) is 0. The van der Waals surface area contributed by atoms with Gasteiger partial charge in [-0.3, -0.25) is 0 Å². The Kier molecular flexibility index (Phi) is 8.00. The molecule has 0 fully saturated rings. The van der Waals surface area contributed by atoms with Crippen LogP contribution in [0.4, 0.5) is 17.1 Å². The summed E-state index contributed by atoms with van der Waals surface area (Å²) in [7, 11) is 0. The molecule has 0 bridgehead atoms. The number of hydrogen-bond donors (Lipinski definition) is 0. The highest BCUT2D eigenvalue weighted by molar-refractivity contribution is 7.26. The molecule has 5 heteroatoms. The number of thiophene rings is 1.